The molecule has 3 heterocycles. The standard InChI is InChI=1S/C20H25NO8/c1-9-6-7-10(17(23)24)8-11(9)21-16(22)14-12-13(27-19(2,3)26-12)15-18(25-14)29-20(4,5)28-15/h6-8,12-15,18H,1-5H3,(H,21,22)(H,23,24)/p-1/t12-,13+,14+,15-,18-/m1/s1. The van der Waals surface area contributed by atoms with Gasteiger partial charge in [-0.25, -0.2) is 0 Å². The Bertz CT molecular complexity index is 851. The number of carbonyl (C=O) groups is 2. The van der Waals surface area contributed by atoms with Gasteiger partial charge < -0.3 is 38.9 Å². The molecule has 0 saturated carbocycles. The van der Waals surface area contributed by atoms with E-state index >= 15 is 0 Å². The van der Waals surface area contributed by atoms with E-state index in [4.69, 9.17) is 23.7 Å². The minimum absolute atomic E-state index is 0.0377. The van der Waals surface area contributed by atoms with Crippen LogP contribution in [0.4, 0.5) is 5.69 Å². The van der Waals surface area contributed by atoms with Crippen LogP contribution in [0.25, 0.3) is 0 Å². The Hall–Kier alpha value is -2.04. The number of ether oxygens (including phenoxy) is 5. The molecule has 0 radical (unpaired) electrons. The maximum Gasteiger partial charge on any atom is 0.256 e. The molecule has 29 heavy (non-hydrogen) atoms. The summed E-state index contributed by atoms with van der Waals surface area (Å²) in [4.78, 5) is 24.2. The number of nitrogens with one attached hydrogen (secondary N) is 1. The lowest BCUT2D eigenvalue weighted by Crippen LogP contribution is -2.58. The summed E-state index contributed by atoms with van der Waals surface area (Å²) in [6.07, 6.45) is -3.64. The second-order valence-electron chi connectivity index (χ2n) is 8.40. The highest BCUT2D eigenvalue weighted by Gasteiger charge is 2.62. The smallest absolute Gasteiger partial charge is 0.256 e. The molecule has 3 fully saturated rings. The lowest BCUT2D eigenvalue weighted by Gasteiger charge is -2.36. The van der Waals surface area contributed by atoms with Crippen molar-refractivity contribution in [1.82, 2.24) is 0 Å². The van der Waals surface area contributed by atoms with E-state index in [1.54, 1.807) is 40.7 Å². The number of amides is 1. The molecule has 158 valence electrons. The highest BCUT2D eigenvalue weighted by molar-refractivity contribution is 5.97. The molecule has 0 bridgehead atoms. The summed E-state index contributed by atoms with van der Waals surface area (Å²) in [5.41, 5.74) is 1.00. The summed E-state index contributed by atoms with van der Waals surface area (Å²) in [6, 6.07) is 4.36. The van der Waals surface area contributed by atoms with Crippen LogP contribution in [0, 0.1) is 6.92 Å². The normalized spacial score (nSPS) is 34.3. The van der Waals surface area contributed by atoms with Gasteiger partial charge >= 0.3 is 0 Å². The van der Waals surface area contributed by atoms with Gasteiger partial charge in [0.05, 0.1) is 5.97 Å². The van der Waals surface area contributed by atoms with E-state index in [0.717, 1.165) is 0 Å². The van der Waals surface area contributed by atoms with Crippen molar-refractivity contribution in [2.24, 2.45) is 0 Å². The van der Waals surface area contributed by atoms with Crippen molar-refractivity contribution in [3.63, 3.8) is 0 Å². The maximum absolute atomic E-state index is 13.1. The predicted molar refractivity (Wildman–Crippen MR) is 96.7 cm³/mol. The fourth-order valence-corrected chi connectivity index (χ4v) is 3.91. The average Bonchev–Trinajstić information content (AvgIpc) is 3.09. The number of carboxylic acid groups (broad SMARTS) is 1. The van der Waals surface area contributed by atoms with Crippen LogP contribution >= 0.6 is 0 Å². The third kappa shape index (κ3) is 3.76. The van der Waals surface area contributed by atoms with Crippen molar-refractivity contribution in [3.05, 3.63) is 29.3 Å². The number of aromatic carboxylic acids is 1. The lowest BCUT2D eigenvalue weighted by atomic mass is 9.98. The number of carboxylic acids is 1. The van der Waals surface area contributed by atoms with Crippen molar-refractivity contribution >= 4 is 17.6 Å². The maximum atomic E-state index is 13.1. The summed E-state index contributed by atoms with van der Waals surface area (Å²) >= 11 is 0. The molecular formula is C20H24NO8-. The van der Waals surface area contributed by atoms with E-state index in [9.17, 15) is 14.7 Å². The minimum Gasteiger partial charge on any atom is -0.545 e. The van der Waals surface area contributed by atoms with Crippen molar-refractivity contribution in [3.8, 4) is 0 Å². The number of hydrogen-bond donors (Lipinski definition) is 1. The number of benzene rings is 1. The van der Waals surface area contributed by atoms with Crippen molar-refractivity contribution in [2.75, 3.05) is 5.32 Å². The number of fused-ring (bicyclic) bond motifs is 3. The van der Waals surface area contributed by atoms with Crippen LogP contribution in [0.1, 0.15) is 43.6 Å². The van der Waals surface area contributed by atoms with Crippen LogP contribution in [-0.4, -0.2) is 54.2 Å². The van der Waals surface area contributed by atoms with Crippen LogP contribution in [0.3, 0.4) is 0 Å². The molecule has 9 nitrogen and oxygen atoms in total. The fraction of sp³-hybridized carbons (Fsp3) is 0.600. The average molecular weight is 406 g/mol. The molecule has 0 aromatic heterocycles. The van der Waals surface area contributed by atoms with Gasteiger partial charge in [-0.3, -0.25) is 4.79 Å². The van der Waals surface area contributed by atoms with E-state index in [2.05, 4.69) is 5.32 Å². The molecule has 1 N–H and O–H groups in total. The molecule has 0 unspecified atom stereocenters. The highest BCUT2D eigenvalue weighted by atomic mass is 16.9. The summed E-state index contributed by atoms with van der Waals surface area (Å²) in [7, 11) is 0. The minimum atomic E-state index is -1.33. The summed E-state index contributed by atoms with van der Waals surface area (Å²) in [5.74, 6) is -3.63. The van der Waals surface area contributed by atoms with E-state index in [0.29, 0.717) is 11.3 Å². The molecule has 3 aliphatic heterocycles. The van der Waals surface area contributed by atoms with Crippen molar-refractivity contribution in [1.29, 1.82) is 0 Å². The SMILES string of the molecule is Cc1ccc(C(=O)[O-])cc1NC(=O)[C@H]1O[C@@H]2OC(C)(C)O[C@@H]2[C@H]2OC(C)(C)O[C@H]21. The number of hydrogen-bond acceptors (Lipinski definition) is 8. The highest BCUT2D eigenvalue weighted by Crippen LogP contribution is 2.44. The first-order chi connectivity index (χ1) is 13.5. The molecule has 3 aliphatic rings. The summed E-state index contributed by atoms with van der Waals surface area (Å²) < 4.78 is 29.5. The number of rotatable bonds is 3. The Morgan fingerprint density at radius 2 is 1.59 bits per heavy atom. The van der Waals surface area contributed by atoms with Crippen LogP contribution in [0.2, 0.25) is 0 Å². The summed E-state index contributed by atoms with van der Waals surface area (Å²) in [6.45, 7) is 8.78. The Balaban J connectivity index is 1.60. The van der Waals surface area contributed by atoms with Gasteiger partial charge in [-0.1, -0.05) is 12.1 Å². The number of aryl methyl sites for hydroxylation is 1. The van der Waals surface area contributed by atoms with Crippen molar-refractivity contribution < 1.29 is 38.4 Å². The van der Waals surface area contributed by atoms with Gasteiger partial charge in [-0.05, 0) is 51.8 Å². The zero-order valence-electron chi connectivity index (χ0n) is 16.9. The second-order valence-corrected chi connectivity index (χ2v) is 8.40. The van der Waals surface area contributed by atoms with Crippen LogP contribution in [-0.2, 0) is 28.5 Å². The topological polar surface area (TPSA) is 115 Å². The van der Waals surface area contributed by atoms with E-state index in [1.807, 2.05) is 0 Å². The Morgan fingerprint density at radius 1 is 0.966 bits per heavy atom. The fourth-order valence-electron chi connectivity index (χ4n) is 3.91. The lowest BCUT2D eigenvalue weighted by molar-refractivity contribution is -0.255. The zero-order chi connectivity index (χ0) is 21.1. The molecule has 5 atom stereocenters. The Kier molecular flexibility index (Phi) is 4.71. The van der Waals surface area contributed by atoms with Crippen molar-refractivity contribution in [2.45, 2.75) is 76.9 Å². The van der Waals surface area contributed by atoms with Gasteiger partial charge in [-0.2, -0.15) is 0 Å². The largest absolute Gasteiger partial charge is 0.545 e. The molecule has 3 saturated heterocycles. The summed E-state index contributed by atoms with van der Waals surface area (Å²) in [5, 5.41) is 13.9. The second kappa shape index (κ2) is 6.75. The third-order valence-electron chi connectivity index (χ3n) is 5.14. The zero-order valence-corrected chi connectivity index (χ0v) is 16.9. The van der Waals surface area contributed by atoms with Gasteiger partial charge in [0.1, 0.15) is 18.3 Å². The first-order valence-corrected chi connectivity index (χ1v) is 9.45. The van der Waals surface area contributed by atoms with Gasteiger partial charge in [0.15, 0.2) is 24.0 Å². The van der Waals surface area contributed by atoms with Crippen LogP contribution in [0.15, 0.2) is 18.2 Å². The first-order valence-electron chi connectivity index (χ1n) is 9.45. The predicted octanol–water partition coefficient (Wildman–Crippen LogP) is 0.694. The number of anilines is 1. The van der Waals surface area contributed by atoms with Gasteiger partial charge in [0, 0.05) is 5.69 Å². The molecule has 0 spiro atoms. The number of carbonyl (C=O) groups excluding carboxylic acids is 2. The molecule has 1 aromatic carbocycles. The monoisotopic (exact) mass is 406 g/mol. The van der Waals surface area contributed by atoms with E-state index in [-0.39, 0.29) is 5.56 Å². The quantitative estimate of drug-likeness (QED) is 0.780. The molecule has 1 amide bonds. The van der Waals surface area contributed by atoms with E-state index in [1.165, 1.54) is 12.1 Å². The Labute approximate surface area is 168 Å². The molecule has 9 heteroatoms. The molecular weight excluding hydrogens is 382 g/mol. The Morgan fingerprint density at radius 3 is 2.28 bits per heavy atom. The molecule has 4 rings (SSSR count). The van der Waals surface area contributed by atoms with Crippen LogP contribution in [0.5, 0.6) is 0 Å². The van der Waals surface area contributed by atoms with Crippen LogP contribution < -0.4 is 10.4 Å². The van der Waals surface area contributed by atoms with Gasteiger partial charge in [0.25, 0.3) is 5.91 Å². The molecule has 0 aliphatic carbocycles. The molecule has 1 aromatic rings. The van der Waals surface area contributed by atoms with E-state index < -0.39 is 54.2 Å². The third-order valence-corrected chi connectivity index (χ3v) is 5.14. The van der Waals surface area contributed by atoms with Gasteiger partial charge in [-0.15, -0.1) is 0 Å². The first kappa shape index (κ1) is 20.2. The van der Waals surface area contributed by atoms with Gasteiger partial charge in [0.2, 0.25) is 0 Å².